The Kier molecular flexibility index (Phi) is 5.02. The molecular weight excluding hydrogens is 395 g/mol. The van der Waals surface area contributed by atoms with E-state index in [9.17, 15) is 9.50 Å². The maximum Gasteiger partial charge on any atom is 0.142 e. The molecule has 0 saturated heterocycles. The van der Waals surface area contributed by atoms with Gasteiger partial charge in [0.1, 0.15) is 17.2 Å². The van der Waals surface area contributed by atoms with E-state index >= 15 is 0 Å². The fraction of sp³-hybridized carbons (Fsp3) is 0.238. The largest absolute Gasteiger partial charge is 0.496 e. The molecule has 0 fully saturated rings. The topological polar surface area (TPSA) is 76.0 Å². The number of aryl methyl sites for hydroxylation is 1. The minimum absolute atomic E-state index is 0.0464. The Bertz CT molecular complexity index is 1200. The van der Waals surface area contributed by atoms with E-state index in [-0.39, 0.29) is 17.5 Å². The Hall–Kier alpha value is -2.90. The van der Waals surface area contributed by atoms with Crippen molar-refractivity contribution in [2.24, 2.45) is 7.05 Å². The number of aromatic nitrogens is 4. The van der Waals surface area contributed by atoms with Crippen LogP contribution in [0.4, 0.5) is 4.39 Å². The lowest BCUT2D eigenvalue weighted by molar-refractivity contribution is 0.271. The molecule has 0 aliphatic heterocycles. The highest BCUT2D eigenvalue weighted by molar-refractivity contribution is 6.31. The van der Waals surface area contributed by atoms with E-state index in [4.69, 9.17) is 16.3 Å². The van der Waals surface area contributed by atoms with Crippen molar-refractivity contribution >= 4 is 22.6 Å². The predicted molar refractivity (Wildman–Crippen MR) is 110 cm³/mol. The highest BCUT2D eigenvalue weighted by Gasteiger charge is 2.23. The molecule has 1 atom stereocenters. The number of aromatic amines is 1. The van der Waals surface area contributed by atoms with Crippen molar-refractivity contribution in [1.29, 1.82) is 0 Å². The second-order valence-electron chi connectivity index (χ2n) is 6.85. The van der Waals surface area contributed by atoms with E-state index in [0.717, 1.165) is 22.1 Å². The third-order valence-electron chi connectivity index (χ3n) is 5.30. The summed E-state index contributed by atoms with van der Waals surface area (Å²) in [5, 5.41) is 14.8. The molecule has 0 saturated carbocycles. The van der Waals surface area contributed by atoms with Crippen molar-refractivity contribution in [3.05, 3.63) is 64.5 Å². The second-order valence-corrected chi connectivity index (χ2v) is 7.23. The van der Waals surface area contributed by atoms with E-state index < -0.39 is 5.82 Å². The first kappa shape index (κ1) is 19.4. The molecule has 0 spiro atoms. The number of H-pyrrole nitrogens is 1. The summed E-state index contributed by atoms with van der Waals surface area (Å²) in [6.45, 7) is 1.82. The van der Waals surface area contributed by atoms with E-state index in [1.807, 2.05) is 19.2 Å². The third-order valence-corrected chi connectivity index (χ3v) is 5.68. The molecule has 1 unspecified atom stereocenters. The number of methoxy groups -OCH3 is 1. The number of hydrogen-bond donors (Lipinski definition) is 2. The normalized spacial score (nSPS) is 12.5. The number of aliphatic hydroxyl groups is 1. The summed E-state index contributed by atoms with van der Waals surface area (Å²) in [7, 11) is 3.32. The van der Waals surface area contributed by atoms with Crippen molar-refractivity contribution in [1.82, 2.24) is 19.7 Å². The van der Waals surface area contributed by atoms with Gasteiger partial charge in [0.05, 0.1) is 30.6 Å². The number of halogens is 2. The highest BCUT2D eigenvalue weighted by Crippen LogP contribution is 2.41. The monoisotopic (exact) mass is 414 g/mol. The van der Waals surface area contributed by atoms with Gasteiger partial charge < -0.3 is 14.8 Å². The molecule has 29 heavy (non-hydrogen) atoms. The zero-order valence-electron chi connectivity index (χ0n) is 16.2. The van der Waals surface area contributed by atoms with Crippen molar-refractivity contribution in [2.75, 3.05) is 7.11 Å². The molecule has 0 amide bonds. The third kappa shape index (κ3) is 3.16. The number of nitrogens with zero attached hydrogens (tertiary/aromatic N) is 3. The first-order chi connectivity index (χ1) is 14.0. The zero-order valence-corrected chi connectivity index (χ0v) is 17.0. The molecule has 1 aromatic carbocycles. The molecule has 6 nitrogen and oxygen atoms in total. The van der Waals surface area contributed by atoms with Crippen LogP contribution >= 0.6 is 11.6 Å². The van der Waals surface area contributed by atoms with Crippen LogP contribution in [-0.2, 0) is 13.7 Å². The summed E-state index contributed by atoms with van der Waals surface area (Å²) in [6.07, 6.45) is 5.29. The summed E-state index contributed by atoms with van der Waals surface area (Å²) in [4.78, 5) is 7.67. The van der Waals surface area contributed by atoms with Crippen LogP contribution in [0.2, 0.25) is 5.02 Å². The van der Waals surface area contributed by atoms with Crippen LogP contribution < -0.4 is 4.74 Å². The molecule has 3 aromatic heterocycles. The van der Waals surface area contributed by atoms with Gasteiger partial charge in [-0.05, 0) is 23.8 Å². The van der Waals surface area contributed by atoms with Gasteiger partial charge in [-0.3, -0.25) is 4.68 Å². The molecular formula is C21H20ClFN4O2. The lowest BCUT2D eigenvalue weighted by Gasteiger charge is -2.17. The Morgan fingerprint density at radius 3 is 2.86 bits per heavy atom. The second kappa shape index (κ2) is 7.50. The van der Waals surface area contributed by atoms with Crippen molar-refractivity contribution in [3.8, 4) is 16.9 Å². The molecule has 0 radical (unpaired) electrons. The van der Waals surface area contributed by atoms with Gasteiger partial charge in [-0.25, -0.2) is 9.37 Å². The Morgan fingerprint density at radius 1 is 1.34 bits per heavy atom. The molecule has 0 bridgehead atoms. The number of ether oxygens (including phenoxy) is 1. The number of aliphatic hydroxyl groups excluding tert-OH is 1. The number of hydrogen-bond acceptors (Lipinski definition) is 4. The molecule has 8 heteroatoms. The number of pyridine rings is 1. The van der Waals surface area contributed by atoms with Gasteiger partial charge in [-0.2, -0.15) is 5.10 Å². The summed E-state index contributed by atoms with van der Waals surface area (Å²) >= 11 is 6.29. The van der Waals surface area contributed by atoms with Gasteiger partial charge in [0, 0.05) is 47.4 Å². The Balaban J connectivity index is 1.87. The number of nitrogens with one attached hydrogen (secondary N) is 1. The van der Waals surface area contributed by atoms with Crippen LogP contribution in [0.5, 0.6) is 5.75 Å². The molecule has 3 heterocycles. The molecule has 2 N–H and O–H groups in total. The number of rotatable bonds is 5. The first-order valence-corrected chi connectivity index (χ1v) is 9.45. The van der Waals surface area contributed by atoms with Crippen LogP contribution in [0.1, 0.15) is 29.7 Å². The minimum Gasteiger partial charge on any atom is -0.496 e. The quantitative estimate of drug-likeness (QED) is 0.507. The fourth-order valence-corrected chi connectivity index (χ4v) is 4.03. The maximum atomic E-state index is 14.1. The smallest absolute Gasteiger partial charge is 0.142 e. The van der Waals surface area contributed by atoms with E-state index in [1.165, 1.54) is 13.2 Å². The summed E-state index contributed by atoms with van der Waals surface area (Å²) in [5.74, 6) is -0.210. The Labute approximate surface area is 171 Å². The molecule has 0 aliphatic carbocycles. The van der Waals surface area contributed by atoms with Crippen LogP contribution in [0.25, 0.3) is 22.2 Å². The standard InChI is InChI=1S/C21H20ClFN4O2/c1-11(19-18(29-3)5-4-16(23)20(19)22)14-8-25-21-13(14)6-12(7-24-21)15-9-26-27(2)17(15)10-28/h4-9,11,28H,10H2,1-3H3,(H,24,25). The van der Waals surface area contributed by atoms with E-state index in [1.54, 1.807) is 30.2 Å². The maximum absolute atomic E-state index is 14.1. The number of fused-ring (bicyclic) bond motifs is 1. The predicted octanol–water partition coefficient (Wildman–Crippen LogP) is 4.41. The van der Waals surface area contributed by atoms with Crippen LogP contribution in [0, 0.1) is 5.82 Å². The molecule has 4 aromatic rings. The number of benzene rings is 1. The van der Waals surface area contributed by atoms with Gasteiger partial charge in [0.15, 0.2) is 0 Å². The van der Waals surface area contributed by atoms with Crippen molar-refractivity contribution in [3.63, 3.8) is 0 Å². The lowest BCUT2D eigenvalue weighted by Crippen LogP contribution is -2.02. The minimum atomic E-state index is -0.490. The highest BCUT2D eigenvalue weighted by atomic mass is 35.5. The van der Waals surface area contributed by atoms with E-state index in [0.29, 0.717) is 22.7 Å². The first-order valence-electron chi connectivity index (χ1n) is 9.07. The summed E-state index contributed by atoms with van der Waals surface area (Å²) in [6, 6.07) is 4.86. The summed E-state index contributed by atoms with van der Waals surface area (Å²) in [5.41, 5.74) is 4.54. The average Bonchev–Trinajstić information content (AvgIpc) is 3.31. The van der Waals surface area contributed by atoms with Crippen molar-refractivity contribution in [2.45, 2.75) is 19.4 Å². The van der Waals surface area contributed by atoms with E-state index in [2.05, 4.69) is 15.1 Å². The van der Waals surface area contributed by atoms with Crippen LogP contribution in [-0.4, -0.2) is 32.0 Å². The van der Waals surface area contributed by atoms with Gasteiger partial charge >= 0.3 is 0 Å². The average molecular weight is 415 g/mol. The molecule has 4 rings (SSSR count). The van der Waals surface area contributed by atoms with Gasteiger partial charge in [0.25, 0.3) is 0 Å². The van der Waals surface area contributed by atoms with Crippen LogP contribution in [0.3, 0.4) is 0 Å². The van der Waals surface area contributed by atoms with Gasteiger partial charge in [0.2, 0.25) is 0 Å². The van der Waals surface area contributed by atoms with Crippen LogP contribution in [0.15, 0.2) is 36.8 Å². The molecule has 150 valence electrons. The van der Waals surface area contributed by atoms with Gasteiger partial charge in [-0.15, -0.1) is 0 Å². The zero-order chi connectivity index (χ0) is 20.7. The lowest BCUT2D eigenvalue weighted by atomic mass is 9.91. The van der Waals surface area contributed by atoms with Crippen molar-refractivity contribution < 1.29 is 14.2 Å². The Morgan fingerprint density at radius 2 is 2.14 bits per heavy atom. The fourth-order valence-electron chi connectivity index (χ4n) is 3.71. The SMILES string of the molecule is COc1ccc(F)c(Cl)c1C(C)c1c[nH]c2ncc(-c3cnn(C)c3CO)cc12. The molecule has 0 aliphatic rings. The summed E-state index contributed by atoms with van der Waals surface area (Å²) < 4.78 is 21.2. The van der Waals surface area contributed by atoms with Gasteiger partial charge in [-0.1, -0.05) is 18.5 Å².